The van der Waals surface area contributed by atoms with Gasteiger partial charge < -0.3 is 10.6 Å². The predicted molar refractivity (Wildman–Crippen MR) is 102 cm³/mol. The largest absolute Gasteiger partial charge is 0.356 e. The maximum absolute atomic E-state index is 13.8. The van der Waals surface area contributed by atoms with E-state index in [9.17, 15) is 9.18 Å². The van der Waals surface area contributed by atoms with E-state index in [0.717, 1.165) is 17.1 Å². The van der Waals surface area contributed by atoms with E-state index in [1.807, 2.05) is 60.7 Å². The summed E-state index contributed by atoms with van der Waals surface area (Å²) in [7, 11) is 0. The van der Waals surface area contributed by atoms with Crippen LogP contribution in [0.5, 0.6) is 0 Å². The number of carbonyl (C=O) groups excluding carboxylic acids is 1. The molecule has 3 nitrogen and oxygen atoms in total. The molecular formula is C22H19FN2O. The van der Waals surface area contributed by atoms with Gasteiger partial charge in [-0.05, 0) is 60.4 Å². The lowest BCUT2D eigenvalue weighted by atomic mass is 10.1. The molecule has 2 N–H and O–H groups in total. The molecule has 0 bridgehead atoms. The van der Waals surface area contributed by atoms with Gasteiger partial charge in [-0.25, -0.2) is 4.39 Å². The lowest BCUT2D eigenvalue weighted by molar-refractivity contribution is -0.117. The summed E-state index contributed by atoms with van der Waals surface area (Å²) in [6.45, 7) is 0. The lowest BCUT2D eigenvalue weighted by Gasteiger charge is -2.09. The molecule has 0 spiro atoms. The van der Waals surface area contributed by atoms with E-state index >= 15 is 0 Å². The van der Waals surface area contributed by atoms with Crippen molar-refractivity contribution < 1.29 is 9.18 Å². The third-order valence-corrected chi connectivity index (χ3v) is 4.65. The Morgan fingerprint density at radius 2 is 1.42 bits per heavy atom. The van der Waals surface area contributed by atoms with Crippen molar-refractivity contribution in [2.24, 2.45) is 5.92 Å². The van der Waals surface area contributed by atoms with Gasteiger partial charge in [-0.1, -0.05) is 36.4 Å². The van der Waals surface area contributed by atoms with Crippen molar-refractivity contribution in [2.45, 2.75) is 12.3 Å². The van der Waals surface area contributed by atoms with Crippen LogP contribution in [-0.2, 0) is 4.79 Å². The number of carbonyl (C=O) groups is 1. The molecule has 3 aromatic carbocycles. The third kappa shape index (κ3) is 3.59. The summed E-state index contributed by atoms with van der Waals surface area (Å²) in [6, 6.07) is 24.1. The van der Waals surface area contributed by atoms with E-state index in [1.165, 1.54) is 6.07 Å². The first-order valence-electron chi connectivity index (χ1n) is 8.68. The molecule has 0 heterocycles. The highest BCUT2D eigenvalue weighted by molar-refractivity contribution is 5.95. The molecule has 1 aliphatic carbocycles. The molecule has 4 heteroatoms. The molecule has 26 heavy (non-hydrogen) atoms. The SMILES string of the molecule is O=C(Nc1ccc(Nc2ccccc2)cc1)C1CC1c1ccccc1F. The maximum atomic E-state index is 13.8. The highest BCUT2D eigenvalue weighted by atomic mass is 19.1. The second kappa shape index (κ2) is 7.00. The topological polar surface area (TPSA) is 41.1 Å². The summed E-state index contributed by atoms with van der Waals surface area (Å²) in [5.41, 5.74) is 3.34. The minimum Gasteiger partial charge on any atom is -0.356 e. The second-order valence-electron chi connectivity index (χ2n) is 6.53. The van der Waals surface area contributed by atoms with Crippen LogP contribution in [-0.4, -0.2) is 5.91 Å². The minimum atomic E-state index is -0.232. The lowest BCUT2D eigenvalue weighted by Crippen LogP contribution is -2.14. The van der Waals surface area contributed by atoms with Gasteiger partial charge in [0.05, 0.1) is 0 Å². The quantitative estimate of drug-likeness (QED) is 0.657. The Hall–Kier alpha value is -3.14. The number of para-hydroxylation sites is 1. The summed E-state index contributed by atoms with van der Waals surface area (Å²) in [5.74, 6) is -0.463. The maximum Gasteiger partial charge on any atom is 0.228 e. The van der Waals surface area contributed by atoms with Gasteiger partial charge in [-0.2, -0.15) is 0 Å². The zero-order chi connectivity index (χ0) is 17.9. The molecule has 4 rings (SSSR count). The zero-order valence-electron chi connectivity index (χ0n) is 14.2. The summed E-state index contributed by atoms with van der Waals surface area (Å²) >= 11 is 0. The van der Waals surface area contributed by atoms with Gasteiger partial charge in [0.15, 0.2) is 0 Å². The Morgan fingerprint density at radius 3 is 2.15 bits per heavy atom. The predicted octanol–water partition coefficient (Wildman–Crippen LogP) is 5.31. The number of rotatable bonds is 5. The van der Waals surface area contributed by atoms with Gasteiger partial charge in [-0.15, -0.1) is 0 Å². The first-order valence-corrected chi connectivity index (χ1v) is 8.68. The molecule has 2 atom stereocenters. The van der Waals surface area contributed by atoms with Gasteiger partial charge >= 0.3 is 0 Å². The van der Waals surface area contributed by atoms with Crippen molar-refractivity contribution >= 4 is 23.0 Å². The van der Waals surface area contributed by atoms with Crippen LogP contribution in [0.1, 0.15) is 17.9 Å². The van der Waals surface area contributed by atoms with Crippen LogP contribution in [0.3, 0.4) is 0 Å². The molecule has 1 saturated carbocycles. The standard InChI is InChI=1S/C22H19FN2O/c23-21-9-5-4-8-18(21)19-14-20(19)22(26)25-17-12-10-16(11-13-17)24-15-6-2-1-3-7-15/h1-13,19-20,24H,14H2,(H,25,26). The molecule has 130 valence electrons. The highest BCUT2D eigenvalue weighted by Gasteiger charge is 2.45. The first-order chi connectivity index (χ1) is 12.7. The van der Waals surface area contributed by atoms with Crippen LogP contribution in [0.2, 0.25) is 0 Å². The van der Waals surface area contributed by atoms with E-state index in [-0.39, 0.29) is 23.6 Å². The summed E-state index contributed by atoms with van der Waals surface area (Å²) in [6.07, 6.45) is 0.695. The van der Waals surface area contributed by atoms with E-state index in [0.29, 0.717) is 12.0 Å². The van der Waals surface area contributed by atoms with E-state index in [4.69, 9.17) is 0 Å². The van der Waals surface area contributed by atoms with Gasteiger partial charge in [0.2, 0.25) is 5.91 Å². The fraction of sp³-hybridized carbons (Fsp3) is 0.136. The Morgan fingerprint density at radius 1 is 0.808 bits per heavy atom. The fourth-order valence-electron chi connectivity index (χ4n) is 3.16. The molecule has 0 radical (unpaired) electrons. The van der Waals surface area contributed by atoms with E-state index in [2.05, 4.69) is 10.6 Å². The Kier molecular flexibility index (Phi) is 4.40. The fourth-order valence-corrected chi connectivity index (χ4v) is 3.16. The van der Waals surface area contributed by atoms with Crippen LogP contribution < -0.4 is 10.6 Å². The van der Waals surface area contributed by atoms with Crippen molar-refractivity contribution in [1.29, 1.82) is 0 Å². The van der Waals surface area contributed by atoms with Crippen LogP contribution in [0.4, 0.5) is 21.5 Å². The number of amides is 1. The van der Waals surface area contributed by atoms with E-state index < -0.39 is 0 Å². The number of nitrogens with one attached hydrogen (secondary N) is 2. The summed E-state index contributed by atoms with van der Waals surface area (Å²) in [4.78, 5) is 12.4. The third-order valence-electron chi connectivity index (χ3n) is 4.65. The second-order valence-corrected chi connectivity index (χ2v) is 6.53. The molecule has 0 aromatic heterocycles. The van der Waals surface area contributed by atoms with Crippen LogP contribution in [0.15, 0.2) is 78.9 Å². The molecule has 1 amide bonds. The Bertz CT molecular complexity index is 909. The van der Waals surface area contributed by atoms with Gasteiger partial charge in [0.1, 0.15) is 5.82 Å². The molecule has 3 aromatic rings. The van der Waals surface area contributed by atoms with Crippen molar-refractivity contribution in [3.05, 3.63) is 90.2 Å². The molecule has 1 fully saturated rings. The molecule has 1 aliphatic rings. The smallest absolute Gasteiger partial charge is 0.228 e. The average molecular weight is 346 g/mol. The normalized spacial score (nSPS) is 18.2. The van der Waals surface area contributed by atoms with Crippen molar-refractivity contribution in [1.82, 2.24) is 0 Å². The first kappa shape index (κ1) is 16.3. The number of hydrogen-bond acceptors (Lipinski definition) is 2. The van der Waals surface area contributed by atoms with Crippen LogP contribution >= 0.6 is 0 Å². The minimum absolute atomic E-state index is 0.0183. The number of halogens is 1. The van der Waals surface area contributed by atoms with E-state index in [1.54, 1.807) is 12.1 Å². The number of anilines is 3. The molecular weight excluding hydrogens is 327 g/mol. The Labute approximate surface area is 151 Å². The van der Waals surface area contributed by atoms with Crippen molar-refractivity contribution in [3.63, 3.8) is 0 Å². The molecule has 0 aliphatic heterocycles. The van der Waals surface area contributed by atoms with Crippen molar-refractivity contribution in [3.8, 4) is 0 Å². The summed E-state index contributed by atoms with van der Waals surface area (Å²) < 4.78 is 13.8. The molecule has 2 unspecified atom stereocenters. The van der Waals surface area contributed by atoms with Crippen LogP contribution in [0.25, 0.3) is 0 Å². The average Bonchev–Trinajstić information content (AvgIpc) is 3.45. The summed E-state index contributed by atoms with van der Waals surface area (Å²) in [5, 5.41) is 6.22. The van der Waals surface area contributed by atoms with Gasteiger partial charge in [0.25, 0.3) is 0 Å². The van der Waals surface area contributed by atoms with Crippen LogP contribution in [0, 0.1) is 11.7 Å². The number of benzene rings is 3. The monoisotopic (exact) mass is 346 g/mol. The zero-order valence-corrected chi connectivity index (χ0v) is 14.2. The van der Waals surface area contributed by atoms with Gasteiger partial charge in [-0.3, -0.25) is 4.79 Å². The number of hydrogen-bond donors (Lipinski definition) is 2. The van der Waals surface area contributed by atoms with Crippen molar-refractivity contribution in [2.75, 3.05) is 10.6 Å². The highest BCUT2D eigenvalue weighted by Crippen LogP contribution is 2.48. The molecule has 0 saturated heterocycles. The Balaban J connectivity index is 1.36. The van der Waals surface area contributed by atoms with Gasteiger partial charge in [0, 0.05) is 23.0 Å².